The third-order valence-corrected chi connectivity index (χ3v) is 7.53. The maximum atomic E-state index is 13.3. The number of amides is 2. The molecular weight excluding hydrogens is 440 g/mol. The number of carbonyl (C=O) groups excluding carboxylic acids is 3. The molecule has 3 aliphatic rings. The highest BCUT2D eigenvalue weighted by molar-refractivity contribution is 6.31. The zero-order valence-electron chi connectivity index (χ0n) is 18.5. The first kappa shape index (κ1) is 21.8. The van der Waals surface area contributed by atoms with Crippen LogP contribution in [-0.2, 0) is 9.59 Å². The standard InChI is InChI=1S/C26H25ClN2O4/c1-14-11-20(14)18-4-3-5-19-24(18)26(32)29(25(19)31)23-9-7-17(12-28-23)33-13-22(30)16-6-8-21(27)15(2)10-16/h3-4,6-10,12,14,18-20,24H,5,11,13H2,1-2H3. The van der Waals surface area contributed by atoms with Gasteiger partial charge < -0.3 is 4.74 Å². The molecule has 0 bridgehead atoms. The van der Waals surface area contributed by atoms with Gasteiger partial charge in [0.15, 0.2) is 12.4 Å². The summed E-state index contributed by atoms with van der Waals surface area (Å²) in [6.07, 6.45) is 7.33. The molecule has 1 aliphatic heterocycles. The second kappa shape index (κ2) is 8.41. The van der Waals surface area contributed by atoms with E-state index < -0.39 is 0 Å². The number of anilines is 1. The van der Waals surface area contributed by atoms with Gasteiger partial charge in [0.25, 0.3) is 0 Å². The third-order valence-electron chi connectivity index (χ3n) is 7.11. The van der Waals surface area contributed by atoms with Gasteiger partial charge in [-0.2, -0.15) is 0 Å². The number of halogens is 1. The summed E-state index contributed by atoms with van der Waals surface area (Å²) >= 11 is 6.01. The lowest BCUT2D eigenvalue weighted by Gasteiger charge is -2.26. The maximum absolute atomic E-state index is 13.3. The highest BCUT2D eigenvalue weighted by atomic mass is 35.5. The van der Waals surface area contributed by atoms with E-state index in [2.05, 4.69) is 24.1 Å². The lowest BCUT2D eigenvalue weighted by Crippen LogP contribution is -2.33. The number of hydrogen-bond donors (Lipinski definition) is 0. The molecule has 2 aliphatic carbocycles. The Morgan fingerprint density at radius 1 is 1.21 bits per heavy atom. The van der Waals surface area contributed by atoms with Gasteiger partial charge in [-0.15, -0.1) is 0 Å². The number of pyridine rings is 1. The molecule has 33 heavy (non-hydrogen) atoms. The molecular formula is C26H25ClN2O4. The Morgan fingerprint density at radius 2 is 2.00 bits per heavy atom. The third kappa shape index (κ3) is 3.97. The molecule has 2 heterocycles. The average molecular weight is 465 g/mol. The van der Waals surface area contributed by atoms with E-state index in [4.69, 9.17) is 16.3 Å². The Morgan fingerprint density at radius 3 is 2.67 bits per heavy atom. The van der Waals surface area contributed by atoms with Gasteiger partial charge in [0.05, 0.1) is 18.0 Å². The molecule has 0 radical (unpaired) electrons. The summed E-state index contributed by atoms with van der Waals surface area (Å²) in [6.45, 7) is 3.88. The summed E-state index contributed by atoms with van der Waals surface area (Å²) in [7, 11) is 0. The zero-order valence-corrected chi connectivity index (χ0v) is 19.3. The summed E-state index contributed by atoms with van der Waals surface area (Å²) in [5.74, 6) is 0.783. The van der Waals surface area contributed by atoms with E-state index in [0.717, 1.165) is 12.0 Å². The number of nitrogens with zero attached hydrogens (tertiary/aromatic N) is 2. The molecule has 0 spiro atoms. The van der Waals surface area contributed by atoms with Gasteiger partial charge in [-0.1, -0.05) is 30.7 Å². The van der Waals surface area contributed by atoms with E-state index in [1.165, 1.54) is 11.1 Å². The van der Waals surface area contributed by atoms with Crippen LogP contribution in [0.2, 0.25) is 5.02 Å². The van der Waals surface area contributed by atoms with E-state index >= 15 is 0 Å². The molecule has 6 nitrogen and oxygen atoms in total. The van der Waals surface area contributed by atoms with Crippen LogP contribution in [0.4, 0.5) is 5.82 Å². The van der Waals surface area contributed by atoms with Crippen LogP contribution in [-0.4, -0.2) is 29.2 Å². The van der Waals surface area contributed by atoms with Gasteiger partial charge >= 0.3 is 0 Å². The van der Waals surface area contributed by atoms with Crippen molar-refractivity contribution < 1.29 is 19.1 Å². The maximum Gasteiger partial charge on any atom is 0.239 e. The minimum absolute atomic E-state index is 0.130. The summed E-state index contributed by atoms with van der Waals surface area (Å²) in [5.41, 5.74) is 1.34. The number of fused-ring (bicyclic) bond motifs is 1. The van der Waals surface area contributed by atoms with Crippen LogP contribution in [0.1, 0.15) is 35.7 Å². The summed E-state index contributed by atoms with van der Waals surface area (Å²) in [5, 5.41) is 0.604. The van der Waals surface area contributed by atoms with Gasteiger partial charge in [0.2, 0.25) is 11.8 Å². The SMILES string of the molecule is Cc1cc(C(=O)COc2ccc(N3C(=O)C4CC=CC(C5CC5C)C4C3=O)nc2)ccc1Cl. The van der Waals surface area contributed by atoms with E-state index in [-0.39, 0.29) is 42.0 Å². The fourth-order valence-corrected chi connectivity index (χ4v) is 5.21. The molecule has 170 valence electrons. The molecule has 1 saturated carbocycles. The second-order valence-corrected chi connectivity index (χ2v) is 9.70. The van der Waals surface area contributed by atoms with Crippen LogP contribution in [0.25, 0.3) is 0 Å². The number of allylic oxidation sites excluding steroid dienone is 2. The average Bonchev–Trinajstić information content (AvgIpc) is 3.49. The number of aromatic nitrogens is 1. The summed E-state index contributed by atoms with van der Waals surface area (Å²) in [6, 6.07) is 8.30. The molecule has 5 unspecified atom stereocenters. The van der Waals surface area contributed by atoms with E-state index in [1.54, 1.807) is 30.3 Å². The molecule has 1 aromatic heterocycles. The van der Waals surface area contributed by atoms with Crippen molar-refractivity contribution in [1.29, 1.82) is 0 Å². The van der Waals surface area contributed by atoms with Crippen LogP contribution in [0, 0.1) is 36.5 Å². The number of hydrogen-bond acceptors (Lipinski definition) is 5. The number of ketones is 1. The number of imide groups is 1. The number of ether oxygens (including phenoxy) is 1. The lowest BCUT2D eigenvalue weighted by molar-refractivity contribution is -0.122. The van der Waals surface area contributed by atoms with E-state index in [0.29, 0.717) is 40.4 Å². The Kier molecular flexibility index (Phi) is 5.57. The number of rotatable bonds is 6. The van der Waals surface area contributed by atoms with Gasteiger partial charge in [-0.25, -0.2) is 9.88 Å². The van der Waals surface area contributed by atoms with Crippen molar-refractivity contribution in [1.82, 2.24) is 4.98 Å². The molecule has 2 aromatic rings. The minimum Gasteiger partial charge on any atom is -0.484 e. The lowest BCUT2D eigenvalue weighted by atomic mass is 9.75. The van der Waals surface area contributed by atoms with E-state index in [1.807, 2.05) is 6.92 Å². The Balaban J connectivity index is 1.26. The summed E-state index contributed by atoms with van der Waals surface area (Å²) < 4.78 is 5.58. The molecule has 7 heteroatoms. The van der Waals surface area contributed by atoms with E-state index in [9.17, 15) is 14.4 Å². The number of aryl methyl sites for hydroxylation is 1. The first-order valence-electron chi connectivity index (χ1n) is 11.3. The van der Waals surface area contributed by atoms with Crippen LogP contribution >= 0.6 is 11.6 Å². The topological polar surface area (TPSA) is 76.6 Å². The van der Waals surface area contributed by atoms with Crippen molar-refractivity contribution in [3.8, 4) is 5.75 Å². The molecule has 2 fully saturated rings. The molecule has 5 atom stereocenters. The van der Waals surface area contributed by atoms with Gasteiger partial charge in [-0.3, -0.25) is 14.4 Å². The predicted molar refractivity (Wildman–Crippen MR) is 124 cm³/mol. The highest BCUT2D eigenvalue weighted by Gasteiger charge is 2.56. The largest absolute Gasteiger partial charge is 0.484 e. The molecule has 5 rings (SSSR count). The first-order chi connectivity index (χ1) is 15.8. The number of carbonyl (C=O) groups is 3. The van der Waals surface area contributed by atoms with Crippen molar-refractivity contribution in [2.24, 2.45) is 29.6 Å². The van der Waals surface area contributed by atoms with Crippen LogP contribution in [0.5, 0.6) is 5.75 Å². The normalized spacial score (nSPS) is 28.1. The smallest absolute Gasteiger partial charge is 0.239 e. The molecule has 1 aromatic carbocycles. The molecule has 2 amide bonds. The zero-order chi connectivity index (χ0) is 23.3. The van der Waals surface area contributed by atoms with Crippen molar-refractivity contribution >= 4 is 35.0 Å². The van der Waals surface area contributed by atoms with Gasteiger partial charge in [0, 0.05) is 10.6 Å². The number of benzene rings is 1. The fourth-order valence-electron chi connectivity index (χ4n) is 5.09. The van der Waals surface area contributed by atoms with Crippen molar-refractivity contribution in [2.75, 3.05) is 11.5 Å². The van der Waals surface area contributed by atoms with Crippen molar-refractivity contribution in [3.05, 3.63) is 64.8 Å². The quantitative estimate of drug-likeness (QED) is 0.353. The second-order valence-electron chi connectivity index (χ2n) is 9.29. The Labute approximate surface area is 197 Å². The first-order valence-corrected chi connectivity index (χ1v) is 11.7. The molecule has 0 N–H and O–H groups in total. The number of Topliss-reactive ketones (excluding diaryl/α,β-unsaturated/α-hetero) is 1. The minimum atomic E-state index is -0.307. The molecule has 1 saturated heterocycles. The monoisotopic (exact) mass is 464 g/mol. The van der Waals surface area contributed by atoms with Crippen molar-refractivity contribution in [2.45, 2.75) is 26.7 Å². The fraction of sp³-hybridized carbons (Fsp3) is 0.385. The van der Waals surface area contributed by atoms with Crippen LogP contribution < -0.4 is 9.64 Å². The Bertz CT molecular complexity index is 1160. The highest BCUT2D eigenvalue weighted by Crippen LogP contribution is 2.53. The summed E-state index contributed by atoms with van der Waals surface area (Å²) in [4.78, 5) is 44.3. The van der Waals surface area contributed by atoms with Crippen molar-refractivity contribution in [3.63, 3.8) is 0 Å². The van der Waals surface area contributed by atoms with Gasteiger partial charge in [0.1, 0.15) is 11.6 Å². The Hall–Kier alpha value is -2.99. The van der Waals surface area contributed by atoms with Crippen LogP contribution in [0.15, 0.2) is 48.7 Å². The van der Waals surface area contributed by atoms with Gasteiger partial charge in [-0.05, 0) is 73.4 Å². The predicted octanol–water partition coefficient (Wildman–Crippen LogP) is 4.64. The van der Waals surface area contributed by atoms with Crippen LogP contribution in [0.3, 0.4) is 0 Å².